The predicted molar refractivity (Wildman–Crippen MR) is 73.6 cm³/mol. The van der Waals surface area contributed by atoms with Crippen molar-refractivity contribution in [2.45, 2.75) is 13.0 Å². The Morgan fingerprint density at radius 2 is 2.26 bits per heavy atom. The Labute approximate surface area is 110 Å². The first kappa shape index (κ1) is 13.6. The largest absolute Gasteiger partial charge is 0.363 e. The molecule has 4 N–H and O–H groups in total. The van der Waals surface area contributed by atoms with Crippen LogP contribution in [-0.2, 0) is 9.84 Å². The van der Waals surface area contributed by atoms with Crippen LogP contribution in [0.5, 0.6) is 0 Å². The summed E-state index contributed by atoms with van der Waals surface area (Å²) in [6, 6.07) is -0.281. The number of sulfone groups is 1. The number of nitrogens with two attached hydrogens (primary N) is 1. The van der Waals surface area contributed by atoms with Gasteiger partial charge >= 0.3 is 0 Å². The van der Waals surface area contributed by atoms with Gasteiger partial charge in [-0.25, -0.2) is 24.2 Å². The summed E-state index contributed by atoms with van der Waals surface area (Å²) in [6.07, 6.45) is 6.27. The highest BCUT2D eigenvalue weighted by molar-refractivity contribution is 7.90. The Bertz CT molecular complexity index is 680. The molecule has 0 aromatic carbocycles. The van der Waals surface area contributed by atoms with E-state index >= 15 is 0 Å². The van der Waals surface area contributed by atoms with Gasteiger partial charge in [0, 0.05) is 24.7 Å². The second-order valence-electron chi connectivity index (χ2n) is 4.42. The van der Waals surface area contributed by atoms with Crippen LogP contribution in [0, 0.1) is 0 Å². The van der Waals surface area contributed by atoms with Gasteiger partial charge in [0.2, 0.25) is 0 Å². The Balaban J connectivity index is 2.31. The molecule has 9 heteroatoms. The minimum Gasteiger partial charge on any atom is -0.363 e. The number of imidazole rings is 1. The summed E-state index contributed by atoms with van der Waals surface area (Å²) >= 11 is 0. The molecule has 0 saturated carbocycles. The lowest BCUT2D eigenvalue weighted by atomic mass is 10.4. The smallest absolute Gasteiger partial charge is 0.180 e. The van der Waals surface area contributed by atoms with Crippen molar-refractivity contribution < 1.29 is 8.42 Å². The van der Waals surface area contributed by atoms with E-state index in [0.29, 0.717) is 17.3 Å². The number of nitrogens with one attached hydrogen (secondary N) is 2. The molecule has 0 saturated heterocycles. The predicted octanol–water partition coefficient (Wildman–Crippen LogP) is -0.140. The average Bonchev–Trinajstić information content (AvgIpc) is 2.74. The highest BCUT2D eigenvalue weighted by atomic mass is 32.2. The van der Waals surface area contributed by atoms with Crippen LogP contribution in [-0.4, -0.2) is 40.8 Å². The molecule has 19 heavy (non-hydrogen) atoms. The molecule has 8 nitrogen and oxygen atoms in total. The topological polar surface area (TPSA) is 114 Å². The van der Waals surface area contributed by atoms with E-state index in [4.69, 9.17) is 5.84 Å². The molecule has 0 fully saturated rings. The third kappa shape index (κ3) is 3.32. The van der Waals surface area contributed by atoms with E-state index in [9.17, 15) is 8.42 Å². The van der Waals surface area contributed by atoms with Crippen molar-refractivity contribution in [2.75, 3.05) is 22.8 Å². The Hall–Kier alpha value is -1.87. The zero-order chi connectivity index (χ0) is 14.0. The number of rotatable bonds is 5. The van der Waals surface area contributed by atoms with Crippen LogP contribution in [0.25, 0.3) is 5.65 Å². The SMILES string of the molecule is CC(CS(C)(=O)=O)Nc1nc(NN)cn2ccnc12. The van der Waals surface area contributed by atoms with E-state index < -0.39 is 9.84 Å². The summed E-state index contributed by atoms with van der Waals surface area (Å²) in [5, 5.41) is 3.03. The van der Waals surface area contributed by atoms with E-state index in [1.54, 1.807) is 29.9 Å². The number of nitrogen functional groups attached to an aromatic ring is 1. The molecule has 0 aliphatic rings. The van der Waals surface area contributed by atoms with Crippen LogP contribution in [0.3, 0.4) is 0 Å². The summed E-state index contributed by atoms with van der Waals surface area (Å²) in [7, 11) is -3.06. The summed E-state index contributed by atoms with van der Waals surface area (Å²) in [6.45, 7) is 1.77. The van der Waals surface area contributed by atoms with Crippen LogP contribution in [0.1, 0.15) is 6.92 Å². The van der Waals surface area contributed by atoms with Crippen LogP contribution in [0.4, 0.5) is 11.6 Å². The van der Waals surface area contributed by atoms with Crippen molar-refractivity contribution in [2.24, 2.45) is 5.84 Å². The maximum atomic E-state index is 11.3. The molecule has 0 radical (unpaired) electrons. The highest BCUT2D eigenvalue weighted by Crippen LogP contribution is 2.16. The third-order valence-electron chi connectivity index (χ3n) is 2.46. The molecular weight excluding hydrogens is 268 g/mol. The highest BCUT2D eigenvalue weighted by Gasteiger charge is 2.14. The molecule has 2 aromatic rings. The van der Waals surface area contributed by atoms with Gasteiger partial charge in [0.1, 0.15) is 9.84 Å². The van der Waals surface area contributed by atoms with Crippen molar-refractivity contribution in [3.8, 4) is 0 Å². The molecule has 1 unspecified atom stereocenters. The molecule has 1 atom stereocenters. The lowest BCUT2D eigenvalue weighted by Crippen LogP contribution is -2.26. The summed E-state index contributed by atoms with van der Waals surface area (Å²) in [4.78, 5) is 8.40. The molecule has 0 amide bonds. The number of anilines is 2. The number of aromatic nitrogens is 3. The fourth-order valence-corrected chi connectivity index (χ4v) is 2.82. The second-order valence-corrected chi connectivity index (χ2v) is 6.60. The van der Waals surface area contributed by atoms with Gasteiger partial charge in [0.05, 0.1) is 11.9 Å². The summed E-state index contributed by atoms with van der Waals surface area (Å²) in [5.74, 6) is 6.30. The van der Waals surface area contributed by atoms with Crippen molar-refractivity contribution in [1.29, 1.82) is 0 Å². The number of hydrogen-bond donors (Lipinski definition) is 3. The summed E-state index contributed by atoms with van der Waals surface area (Å²) in [5.41, 5.74) is 3.06. The second kappa shape index (κ2) is 5.02. The lowest BCUT2D eigenvalue weighted by molar-refractivity contribution is 0.598. The van der Waals surface area contributed by atoms with Gasteiger partial charge < -0.3 is 15.1 Å². The fourth-order valence-electron chi connectivity index (χ4n) is 1.83. The molecule has 2 heterocycles. The van der Waals surface area contributed by atoms with Gasteiger partial charge in [-0.15, -0.1) is 0 Å². The molecule has 0 spiro atoms. The quantitative estimate of drug-likeness (QED) is 0.517. The van der Waals surface area contributed by atoms with E-state index in [0.717, 1.165) is 0 Å². The van der Waals surface area contributed by atoms with Crippen LogP contribution in [0.2, 0.25) is 0 Å². The molecule has 0 aliphatic carbocycles. The van der Waals surface area contributed by atoms with Gasteiger partial charge in [-0.05, 0) is 6.92 Å². The lowest BCUT2D eigenvalue weighted by Gasteiger charge is -2.14. The normalized spacial score (nSPS) is 13.4. The van der Waals surface area contributed by atoms with Crippen molar-refractivity contribution >= 4 is 27.1 Å². The first-order chi connectivity index (χ1) is 8.89. The number of fused-ring (bicyclic) bond motifs is 1. The third-order valence-corrected chi connectivity index (χ3v) is 3.56. The molecule has 0 aliphatic heterocycles. The Kier molecular flexibility index (Phi) is 3.58. The number of hydrogen-bond acceptors (Lipinski definition) is 7. The zero-order valence-corrected chi connectivity index (χ0v) is 11.5. The first-order valence-electron chi connectivity index (χ1n) is 5.63. The minimum atomic E-state index is -3.06. The van der Waals surface area contributed by atoms with Gasteiger partial charge in [0.25, 0.3) is 0 Å². The standard InChI is InChI=1S/C10H16N6O2S/c1-7(6-19(2,17)18)13-9-10-12-3-4-16(10)5-8(14-9)15-11/h3-5,7,15H,6,11H2,1-2H3,(H,13,14). The summed E-state index contributed by atoms with van der Waals surface area (Å²) < 4.78 is 24.3. The van der Waals surface area contributed by atoms with E-state index in [2.05, 4.69) is 20.7 Å². The first-order valence-corrected chi connectivity index (χ1v) is 7.69. The van der Waals surface area contributed by atoms with Gasteiger partial charge in [-0.2, -0.15) is 0 Å². The Morgan fingerprint density at radius 3 is 2.89 bits per heavy atom. The van der Waals surface area contributed by atoms with Gasteiger partial charge in [-0.1, -0.05) is 0 Å². The Morgan fingerprint density at radius 1 is 1.53 bits per heavy atom. The van der Waals surface area contributed by atoms with E-state index in [1.807, 2.05) is 0 Å². The van der Waals surface area contributed by atoms with Crippen molar-refractivity contribution in [3.05, 3.63) is 18.6 Å². The monoisotopic (exact) mass is 284 g/mol. The molecule has 104 valence electrons. The van der Waals surface area contributed by atoms with Crippen LogP contribution >= 0.6 is 0 Å². The number of hydrazine groups is 1. The number of nitrogens with zero attached hydrogens (tertiary/aromatic N) is 3. The van der Waals surface area contributed by atoms with Crippen molar-refractivity contribution in [1.82, 2.24) is 14.4 Å². The van der Waals surface area contributed by atoms with E-state index in [-0.39, 0.29) is 11.8 Å². The van der Waals surface area contributed by atoms with Gasteiger partial charge in [-0.3, -0.25) is 0 Å². The maximum Gasteiger partial charge on any atom is 0.180 e. The van der Waals surface area contributed by atoms with Crippen molar-refractivity contribution in [3.63, 3.8) is 0 Å². The van der Waals surface area contributed by atoms with Gasteiger partial charge in [0.15, 0.2) is 17.3 Å². The van der Waals surface area contributed by atoms with Crippen LogP contribution in [0.15, 0.2) is 18.6 Å². The maximum absolute atomic E-state index is 11.3. The molecule has 2 aromatic heterocycles. The van der Waals surface area contributed by atoms with E-state index in [1.165, 1.54) is 6.26 Å². The minimum absolute atomic E-state index is 0.0157. The molecular formula is C10H16N6O2S. The average molecular weight is 284 g/mol. The molecule has 0 bridgehead atoms. The van der Waals surface area contributed by atoms with Crippen LogP contribution < -0.4 is 16.6 Å². The molecule has 2 rings (SSSR count). The fraction of sp³-hybridized carbons (Fsp3) is 0.400. The zero-order valence-electron chi connectivity index (χ0n) is 10.7.